The van der Waals surface area contributed by atoms with E-state index in [4.69, 9.17) is 0 Å². The van der Waals surface area contributed by atoms with Crippen LogP contribution in [0.4, 0.5) is 11.6 Å². The van der Waals surface area contributed by atoms with Gasteiger partial charge < -0.3 is 15.2 Å². The van der Waals surface area contributed by atoms with E-state index >= 15 is 0 Å². The summed E-state index contributed by atoms with van der Waals surface area (Å²) in [6, 6.07) is 7.91. The molecule has 0 bridgehead atoms. The molecule has 1 amide bonds. The van der Waals surface area contributed by atoms with Gasteiger partial charge in [-0.05, 0) is 6.07 Å². The van der Waals surface area contributed by atoms with Crippen molar-refractivity contribution in [3.05, 3.63) is 64.7 Å². The fourth-order valence-electron chi connectivity index (χ4n) is 3.40. The number of nitrogens with zero attached hydrogens (tertiary/aromatic N) is 6. The Morgan fingerprint density at radius 3 is 2.65 bits per heavy atom. The number of hydrogen-bond donors (Lipinski definition) is 2. The number of piperazine rings is 1. The summed E-state index contributed by atoms with van der Waals surface area (Å²) in [6.45, 7) is 4.66. The first-order valence-electron chi connectivity index (χ1n) is 9.92. The van der Waals surface area contributed by atoms with Gasteiger partial charge in [0, 0.05) is 69.4 Å². The third kappa shape index (κ3) is 5.01. The monoisotopic (exact) mass is 422 g/mol. The molecule has 1 saturated heterocycles. The molecule has 11 nitrogen and oxygen atoms in total. The van der Waals surface area contributed by atoms with E-state index in [1.807, 2.05) is 0 Å². The van der Waals surface area contributed by atoms with Gasteiger partial charge in [-0.15, -0.1) is 0 Å². The summed E-state index contributed by atoms with van der Waals surface area (Å²) in [7, 11) is 0. The van der Waals surface area contributed by atoms with E-state index < -0.39 is 4.92 Å². The molecule has 3 heterocycles. The van der Waals surface area contributed by atoms with Crippen LogP contribution in [0.5, 0.6) is 0 Å². The van der Waals surface area contributed by atoms with E-state index in [-0.39, 0.29) is 11.6 Å². The van der Waals surface area contributed by atoms with Gasteiger partial charge in [0.05, 0.1) is 11.1 Å². The first kappa shape index (κ1) is 20.4. The second-order valence-electron chi connectivity index (χ2n) is 7.09. The molecule has 0 aliphatic carbocycles. The maximum Gasteiger partial charge on any atom is 0.270 e. The first-order chi connectivity index (χ1) is 15.1. The minimum atomic E-state index is -0.466. The van der Waals surface area contributed by atoms with Crippen molar-refractivity contribution in [1.29, 1.82) is 0 Å². The van der Waals surface area contributed by atoms with Gasteiger partial charge in [0.15, 0.2) is 0 Å². The Kier molecular flexibility index (Phi) is 6.13. The summed E-state index contributed by atoms with van der Waals surface area (Å²) < 4.78 is 0. The van der Waals surface area contributed by atoms with Gasteiger partial charge in [-0.25, -0.2) is 15.0 Å². The minimum absolute atomic E-state index is 0.0289. The maximum absolute atomic E-state index is 12.4. The van der Waals surface area contributed by atoms with Crippen molar-refractivity contribution in [3.63, 3.8) is 0 Å². The lowest BCUT2D eigenvalue weighted by Crippen LogP contribution is -2.49. The number of imidazole rings is 1. The zero-order chi connectivity index (χ0) is 21.6. The molecule has 3 aromatic rings. The van der Waals surface area contributed by atoms with E-state index in [1.165, 1.54) is 18.3 Å². The van der Waals surface area contributed by atoms with Crippen LogP contribution in [0.2, 0.25) is 0 Å². The number of carbonyl (C=O) groups excluding carboxylic acids is 1. The van der Waals surface area contributed by atoms with Crippen LogP contribution in [-0.4, -0.2) is 74.9 Å². The van der Waals surface area contributed by atoms with Crippen LogP contribution in [0, 0.1) is 10.1 Å². The van der Waals surface area contributed by atoms with Crippen LogP contribution >= 0.6 is 0 Å². The van der Waals surface area contributed by atoms with Gasteiger partial charge in [0.2, 0.25) is 5.95 Å². The summed E-state index contributed by atoms with van der Waals surface area (Å²) in [4.78, 5) is 43.0. The van der Waals surface area contributed by atoms with E-state index in [2.05, 4.69) is 35.1 Å². The van der Waals surface area contributed by atoms with Crippen molar-refractivity contribution in [2.45, 2.75) is 0 Å². The highest BCUT2D eigenvalue weighted by Gasteiger charge is 2.19. The van der Waals surface area contributed by atoms with Crippen molar-refractivity contribution < 1.29 is 9.72 Å². The highest BCUT2D eigenvalue weighted by atomic mass is 16.6. The zero-order valence-electron chi connectivity index (χ0n) is 16.8. The minimum Gasteiger partial charge on any atom is -0.349 e. The lowest BCUT2D eigenvalue weighted by Gasteiger charge is -2.34. The predicted molar refractivity (Wildman–Crippen MR) is 114 cm³/mol. The number of H-pyrrole nitrogens is 1. The molecule has 0 atom stereocenters. The highest BCUT2D eigenvalue weighted by Crippen LogP contribution is 2.21. The Hall–Kier alpha value is -3.86. The molecule has 1 aliphatic heterocycles. The molecule has 2 aromatic heterocycles. The number of nitrogens with one attached hydrogen (secondary N) is 2. The number of hydrogen-bond acceptors (Lipinski definition) is 8. The molecule has 0 unspecified atom stereocenters. The quantitative estimate of drug-likeness (QED) is 0.430. The van der Waals surface area contributed by atoms with Crippen LogP contribution in [0.15, 0.2) is 48.9 Å². The third-order valence-corrected chi connectivity index (χ3v) is 5.07. The lowest BCUT2D eigenvalue weighted by atomic mass is 10.2. The number of nitro groups is 1. The average molecular weight is 422 g/mol. The fraction of sp³-hybridized carbons (Fsp3) is 0.300. The number of amides is 1. The van der Waals surface area contributed by atoms with Crippen molar-refractivity contribution in [2.75, 3.05) is 44.2 Å². The Balaban J connectivity index is 1.25. The van der Waals surface area contributed by atoms with Crippen LogP contribution < -0.4 is 10.2 Å². The Bertz CT molecular complexity index is 1050. The lowest BCUT2D eigenvalue weighted by molar-refractivity contribution is -0.384. The molecule has 0 spiro atoms. The first-order valence-corrected chi connectivity index (χ1v) is 9.92. The van der Waals surface area contributed by atoms with Gasteiger partial charge in [0.25, 0.3) is 11.6 Å². The number of benzene rings is 1. The second kappa shape index (κ2) is 9.30. The smallest absolute Gasteiger partial charge is 0.270 e. The third-order valence-electron chi connectivity index (χ3n) is 5.07. The molecule has 160 valence electrons. The standard InChI is InChI=1S/C20H22N8O3/c29-19(17-14-24-18(25-17)15-3-1-4-16(13-15)28(30)31)21-7-8-26-9-11-27(12-10-26)20-22-5-2-6-23-20/h1-6,13-14H,7-12H2,(H,21,29)(H,24,25). The highest BCUT2D eigenvalue weighted by molar-refractivity contribution is 5.92. The number of anilines is 1. The number of aromatic amines is 1. The zero-order valence-corrected chi connectivity index (χ0v) is 16.8. The second-order valence-corrected chi connectivity index (χ2v) is 7.09. The fourth-order valence-corrected chi connectivity index (χ4v) is 3.40. The Morgan fingerprint density at radius 2 is 1.90 bits per heavy atom. The normalized spacial score (nSPS) is 14.4. The van der Waals surface area contributed by atoms with Crippen molar-refractivity contribution in [2.24, 2.45) is 0 Å². The summed E-state index contributed by atoms with van der Waals surface area (Å²) in [5.41, 5.74) is 0.833. The van der Waals surface area contributed by atoms with Gasteiger partial charge in [-0.2, -0.15) is 0 Å². The Morgan fingerprint density at radius 1 is 1.13 bits per heavy atom. The average Bonchev–Trinajstić information content (AvgIpc) is 3.31. The van der Waals surface area contributed by atoms with Crippen LogP contribution in [0.1, 0.15) is 10.5 Å². The number of non-ortho nitro benzene ring substituents is 1. The molecule has 0 saturated carbocycles. The van der Waals surface area contributed by atoms with Gasteiger partial charge in [-0.1, -0.05) is 12.1 Å². The van der Waals surface area contributed by atoms with Gasteiger partial charge in [0.1, 0.15) is 11.5 Å². The van der Waals surface area contributed by atoms with Crippen molar-refractivity contribution in [3.8, 4) is 11.4 Å². The van der Waals surface area contributed by atoms with Crippen LogP contribution in [0.3, 0.4) is 0 Å². The molecular weight excluding hydrogens is 400 g/mol. The molecule has 0 radical (unpaired) electrons. The van der Waals surface area contributed by atoms with Crippen LogP contribution in [-0.2, 0) is 0 Å². The van der Waals surface area contributed by atoms with Gasteiger partial charge in [-0.3, -0.25) is 19.8 Å². The molecule has 1 fully saturated rings. The molecule has 1 aromatic carbocycles. The van der Waals surface area contributed by atoms with Crippen LogP contribution in [0.25, 0.3) is 11.4 Å². The molecule has 31 heavy (non-hydrogen) atoms. The maximum atomic E-state index is 12.4. The number of carbonyl (C=O) groups is 1. The summed E-state index contributed by atoms with van der Waals surface area (Å²) in [5.74, 6) is 0.892. The number of aromatic nitrogens is 4. The molecular formula is C20H22N8O3. The number of rotatable bonds is 7. The predicted octanol–water partition coefficient (Wildman–Crippen LogP) is 1.33. The Labute approximate surface area is 178 Å². The molecule has 4 rings (SSSR count). The largest absolute Gasteiger partial charge is 0.349 e. The van der Waals surface area contributed by atoms with E-state index in [0.717, 1.165) is 38.7 Å². The van der Waals surface area contributed by atoms with Crippen molar-refractivity contribution in [1.82, 2.24) is 30.2 Å². The van der Waals surface area contributed by atoms with E-state index in [1.54, 1.807) is 30.6 Å². The molecule has 2 N–H and O–H groups in total. The SMILES string of the molecule is O=C(NCCN1CCN(c2ncccn2)CC1)c1cnc(-c2cccc([N+](=O)[O-])c2)[nH]1. The summed E-state index contributed by atoms with van der Waals surface area (Å²) in [6.07, 6.45) is 4.91. The van der Waals surface area contributed by atoms with Gasteiger partial charge >= 0.3 is 0 Å². The van der Waals surface area contributed by atoms with E-state index in [9.17, 15) is 14.9 Å². The van der Waals surface area contributed by atoms with E-state index in [0.29, 0.717) is 23.6 Å². The summed E-state index contributed by atoms with van der Waals surface area (Å²) >= 11 is 0. The number of nitro benzene ring substituents is 1. The van der Waals surface area contributed by atoms with Crippen molar-refractivity contribution >= 4 is 17.5 Å². The molecule has 1 aliphatic rings. The summed E-state index contributed by atoms with van der Waals surface area (Å²) in [5, 5.41) is 13.8. The topological polar surface area (TPSA) is 133 Å². The molecule has 11 heteroatoms.